The summed E-state index contributed by atoms with van der Waals surface area (Å²) in [5.41, 5.74) is 0.597. The summed E-state index contributed by atoms with van der Waals surface area (Å²) in [5.74, 6) is 0. The van der Waals surface area contributed by atoms with Crippen molar-refractivity contribution in [1.29, 1.82) is 0 Å². The van der Waals surface area contributed by atoms with Crippen LogP contribution in [0.1, 0.15) is 52.0 Å². The highest BCUT2D eigenvalue weighted by Crippen LogP contribution is 2.27. The van der Waals surface area contributed by atoms with Gasteiger partial charge in [-0.25, -0.2) is 9.18 Å². The Kier molecular flexibility index (Phi) is 7.24. The van der Waals surface area contributed by atoms with Crippen LogP contribution in [0.25, 0.3) is 0 Å². The number of alkyl halides is 1. The van der Waals surface area contributed by atoms with Gasteiger partial charge in [0.15, 0.2) is 0 Å². The van der Waals surface area contributed by atoms with E-state index in [1.165, 1.54) is 0 Å². The molecule has 0 N–H and O–H groups in total. The summed E-state index contributed by atoms with van der Waals surface area (Å²) in [6.07, 6.45) is 1.37. The Morgan fingerprint density at radius 1 is 1.24 bits per heavy atom. The fourth-order valence-electron chi connectivity index (χ4n) is 3.02. The number of benzene rings is 1. The SMILES string of the molecule is CC(C)(C)OC(=O)N1CCC(F)C1CCCCOCc1ccccc1. The predicted octanol–water partition coefficient (Wildman–Crippen LogP) is 4.72. The second-order valence-corrected chi connectivity index (χ2v) is 7.58. The molecule has 0 bridgehead atoms. The zero-order valence-corrected chi connectivity index (χ0v) is 15.5. The van der Waals surface area contributed by atoms with Gasteiger partial charge in [0.05, 0.1) is 12.6 Å². The maximum atomic E-state index is 14.1. The molecule has 1 aliphatic rings. The first-order valence-electron chi connectivity index (χ1n) is 9.12. The number of hydrogen-bond acceptors (Lipinski definition) is 3. The largest absolute Gasteiger partial charge is 0.444 e. The number of ether oxygens (including phenoxy) is 2. The van der Waals surface area contributed by atoms with Gasteiger partial charge in [-0.05, 0) is 52.0 Å². The summed E-state index contributed by atoms with van der Waals surface area (Å²) in [6, 6.07) is 9.66. The van der Waals surface area contributed by atoms with Crippen molar-refractivity contribution in [2.24, 2.45) is 0 Å². The first-order chi connectivity index (χ1) is 11.9. The molecule has 140 valence electrons. The Hall–Kier alpha value is -1.62. The molecule has 1 saturated heterocycles. The summed E-state index contributed by atoms with van der Waals surface area (Å²) in [5, 5.41) is 0. The van der Waals surface area contributed by atoms with Crippen LogP contribution < -0.4 is 0 Å². The van der Waals surface area contributed by atoms with Crippen molar-refractivity contribution < 1.29 is 18.7 Å². The minimum Gasteiger partial charge on any atom is -0.444 e. The molecule has 5 heteroatoms. The molecule has 2 rings (SSSR count). The molecule has 1 heterocycles. The summed E-state index contributed by atoms with van der Waals surface area (Å²) >= 11 is 0. The number of nitrogens with zero attached hydrogens (tertiary/aromatic N) is 1. The van der Waals surface area contributed by atoms with Gasteiger partial charge < -0.3 is 14.4 Å². The summed E-state index contributed by atoms with van der Waals surface area (Å²) in [7, 11) is 0. The van der Waals surface area contributed by atoms with E-state index in [1.54, 1.807) is 4.90 Å². The van der Waals surface area contributed by atoms with E-state index in [-0.39, 0.29) is 6.04 Å². The third kappa shape index (κ3) is 6.65. The predicted molar refractivity (Wildman–Crippen MR) is 96.2 cm³/mol. The molecule has 2 unspecified atom stereocenters. The first-order valence-corrected chi connectivity index (χ1v) is 9.12. The minimum atomic E-state index is -0.960. The van der Waals surface area contributed by atoms with Crippen LogP contribution in [0.15, 0.2) is 30.3 Å². The third-order valence-corrected chi connectivity index (χ3v) is 4.24. The normalized spacial score (nSPS) is 20.7. The molecule has 0 saturated carbocycles. The van der Waals surface area contributed by atoms with Crippen molar-refractivity contribution in [3.63, 3.8) is 0 Å². The molecule has 0 aromatic heterocycles. The summed E-state index contributed by atoms with van der Waals surface area (Å²) < 4.78 is 25.2. The molecule has 1 amide bonds. The highest BCUT2D eigenvalue weighted by atomic mass is 19.1. The molecule has 0 aliphatic carbocycles. The average Bonchev–Trinajstić information content (AvgIpc) is 2.91. The van der Waals surface area contributed by atoms with E-state index in [2.05, 4.69) is 0 Å². The van der Waals surface area contributed by atoms with Gasteiger partial charge in [-0.1, -0.05) is 30.3 Å². The van der Waals surface area contributed by atoms with Gasteiger partial charge in [0.2, 0.25) is 0 Å². The van der Waals surface area contributed by atoms with Crippen LogP contribution in [0.2, 0.25) is 0 Å². The molecule has 1 aromatic carbocycles. The van der Waals surface area contributed by atoms with Gasteiger partial charge in [0.1, 0.15) is 11.8 Å². The van der Waals surface area contributed by atoms with E-state index in [1.807, 2.05) is 51.1 Å². The van der Waals surface area contributed by atoms with Gasteiger partial charge in [-0.2, -0.15) is 0 Å². The number of unbranched alkanes of at least 4 members (excludes halogenated alkanes) is 1. The number of hydrogen-bond donors (Lipinski definition) is 0. The monoisotopic (exact) mass is 351 g/mol. The van der Waals surface area contributed by atoms with E-state index in [4.69, 9.17) is 9.47 Å². The van der Waals surface area contributed by atoms with Crippen LogP contribution in [-0.2, 0) is 16.1 Å². The van der Waals surface area contributed by atoms with Crippen molar-refractivity contribution in [2.75, 3.05) is 13.2 Å². The Morgan fingerprint density at radius 2 is 1.96 bits per heavy atom. The Morgan fingerprint density at radius 3 is 2.64 bits per heavy atom. The van der Waals surface area contributed by atoms with Crippen molar-refractivity contribution >= 4 is 6.09 Å². The topological polar surface area (TPSA) is 38.8 Å². The molecular formula is C20H30FNO3. The van der Waals surface area contributed by atoms with Crippen LogP contribution in [0.4, 0.5) is 9.18 Å². The van der Waals surface area contributed by atoms with Crippen LogP contribution in [0.5, 0.6) is 0 Å². The number of carbonyl (C=O) groups is 1. The number of amides is 1. The van der Waals surface area contributed by atoms with Crippen LogP contribution in [0.3, 0.4) is 0 Å². The fourth-order valence-corrected chi connectivity index (χ4v) is 3.02. The standard InChI is InChI=1S/C20H30FNO3/c1-20(2,3)25-19(23)22-13-12-17(21)18(22)11-7-8-14-24-15-16-9-5-4-6-10-16/h4-6,9-10,17-18H,7-8,11-15H2,1-3H3. The van der Waals surface area contributed by atoms with Crippen molar-refractivity contribution in [3.8, 4) is 0 Å². The molecule has 2 atom stereocenters. The summed E-state index contributed by atoms with van der Waals surface area (Å²) in [4.78, 5) is 13.8. The van der Waals surface area contributed by atoms with Gasteiger partial charge in [0, 0.05) is 13.2 Å². The molecular weight excluding hydrogens is 321 g/mol. The number of carbonyl (C=O) groups excluding carboxylic acids is 1. The quantitative estimate of drug-likeness (QED) is 0.667. The molecule has 25 heavy (non-hydrogen) atoms. The van der Waals surface area contributed by atoms with Crippen LogP contribution in [-0.4, -0.2) is 42.0 Å². The maximum absolute atomic E-state index is 14.1. The smallest absolute Gasteiger partial charge is 0.410 e. The maximum Gasteiger partial charge on any atom is 0.410 e. The zero-order chi connectivity index (χ0) is 18.3. The van der Waals surface area contributed by atoms with Gasteiger partial charge >= 0.3 is 6.09 Å². The highest BCUT2D eigenvalue weighted by Gasteiger charge is 2.38. The number of halogens is 1. The lowest BCUT2D eigenvalue weighted by molar-refractivity contribution is 0.0183. The molecule has 1 aliphatic heterocycles. The van der Waals surface area contributed by atoms with E-state index in [0.29, 0.717) is 32.6 Å². The number of rotatable bonds is 7. The molecule has 0 spiro atoms. The lowest BCUT2D eigenvalue weighted by atomic mass is 10.1. The molecule has 0 radical (unpaired) electrons. The van der Waals surface area contributed by atoms with Crippen molar-refractivity contribution in [1.82, 2.24) is 4.90 Å². The summed E-state index contributed by atoms with van der Waals surface area (Å²) in [6.45, 7) is 7.16. The van der Waals surface area contributed by atoms with Gasteiger partial charge in [0.25, 0.3) is 0 Å². The Bertz CT molecular complexity index is 529. The third-order valence-electron chi connectivity index (χ3n) is 4.24. The van der Waals surface area contributed by atoms with Crippen molar-refractivity contribution in [2.45, 2.75) is 70.9 Å². The zero-order valence-electron chi connectivity index (χ0n) is 15.5. The highest BCUT2D eigenvalue weighted by molar-refractivity contribution is 5.69. The molecule has 1 fully saturated rings. The van der Waals surface area contributed by atoms with Crippen molar-refractivity contribution in [3.05, 3.63) is 35.9 Å². The lowest BCUT2D eigenvalue weighted by Gasteiger charge is -2.29. The average molecular weight is 351 g/mol. The van der Waals surface area contributed by atoms with Crippen LogP contribution in [0, 0.1) is 0 Å². The first kappa shape index (κ1) is 19.7. The molecule has 1 aromatic rings. The van der Waals surface area contributed by atoms with Gasteiger partial charge in [-0.15, -0.1) is 0 Å². The lowest BCUT2D eigenvalue weighted by Crippen LogP contribution is -2.41. The second kappa shape index (κ2) is 9.18. The van der Waals surface area contributed by atoms with E-state index < -0.39 is 17.9 Å². The second-order valence-electron chi connectivity index (χ2n) is 7.58. The van der Waals surface area contributed by atoms with Gasteiger partial charge in [-0.3, -0.25) is 0 Å². The minimum absolute atomic E-state index is 0.371. The Labute approximate surface area is 150 Å². The van der Waals surface area contributed by atoms with E-state index in [9.17, 15) is 9.18 Å². The van der Waals surface area contributed by atoms with E-state index in [0.717, 1.165) is 18.4 Å². The Balaban J connectivity index is 1.68. The fraction of sp³-hybridized carbons (Fsp3) is 0.650. The van der Waals surface area contributed by atoms with E-state index >= 15 is 0 Å². The number of likely N-dealkylation sites (tertiary alicyclic amines) is 1. The molecule has 4 nitrogen and oxygen atoms in total. The van der Waals surface area contributed by atoms with Crippen LogP contribution >= 0.6 is 0 Å².